The Morgan fingerprint density at radius 3 is 2.00 bits per heavy atom. The number of allylic oxidation sites excluding steroid dienone is 6. The van der Waals surface area contributed by atoms with Crippen molar-refractivity contribution in [2.75, 3.05) is 0 Å². The second-order valence-corrected chi connectivity index (χ2v) is 4.00. The van der Waals surface area contributed by atoms with Crippen LogP contribution < -0.4 is 0 Å². The summed E-state index contributed by atoms with van der Waals surface area (Å²) in [7, 11) is 0. The van der Waals surface area contributed by atoms with Gasteiger partial charge in [-0.15, -0.1) is 0 Å². The molecule has 0 fully saturated rings. The van der Waals surface area contributed by atoms with E-state index in [4.69, 9.17) is 0 Å². The van der Waals surface area contributed by atoms with Crippen LogP contribution in [0.3, 0.4) is 0 Å². The van der Waals surface area contributed by atoms with E-state index in [1.807, 2.05) is 24.3 Å². The van der Waals surface area contributed by atoms with Crippen LogP contribution in [0, 0.1) is 0 Å². The van der Waals surface area contributed by atoms with Gasteiger partial charge in [-0.25, -0.2) is 0 Å². The minimum atomic E-state index is -0.00935. The van der Waals surface area contributed by atoms with Crippen LogP contribution in [0.15, 0.2) is 60.0 Å². The minimum absolute atomic E-state index is 0.00935. The Balaban J connectivity index is 2.26. The highest BCUT2D eigenvalue weighted by molar-refractivity contribution is 5.95. The van der Waals surface area contributed by atoms with Gasteiger partial charge >= 0.3 is 0 Å². The summed E-state index contributed by atoms with van der Waals surface area (Å²) < 4.78 is 0. The van der Waals surface area contributed by atoms with Crippen molar-refractivity contribution in [1.29, 1.82) is 0 Å². The van der Waals surface area contributed by atoms with Crippen molar-refractivity contribution < 1.29 is 4.79 Å². The SMILES string of the molecule is C=C(C)C(=O)N(C1=CC=CC1)C1=CC=CC1. The predicted molar refractivity (Wildman–Crippen MR) is 65.3 cm³/mol. The maximum absolute atomic E-state index is 12.1. The van der Waals surface area contributed by atoms with Gasteiger partial charge in [-0.2, -0.15) is 0 Å². The Labute approximate surface area is 95.9 Å². The first-order valence-electron chi connectivity index (χ1n) is 5.41. The molecule has 0 bridgehead atoms. The van der Waals surface area contributed by atoms with Crippen molar-refractivity contribution in [1.82, 2.24) is 4.90 Å². The highest BCUT2D eigenvalue weighted by atomic mass is 16.2. The number of carbonyl (C=O) groups is 1. The van der Waals surface area contributed by atoms with Gasteiger partial charge in [0.1, 0.15) is 0 Å². The van der Waals surface area contributed by atoms with Gasteiger partial charge in [-0.1, -0.05) is 30.9 Å². The molecular formula is C14H15NO. The van der Waals surface area contributed by atoms with Crippen LogP contribution in [0.5, 0.6) is 0 Å². The molecule has 0 spiro atoms. The molecule has 0 aliphatic heterocycles. The topological polar surface area (TPSA) is 20.3 Å². The summed E-state index contributed by atoms with van der Waals surface area (Å²) in [6, 6.07) is 0. The second kappa shape index (κ2) is 4.35. The number of nitrogens with zero attached hydrogens (tertiary/aromatic N) is 1. The van der Waals surface area contributed by atoms with E-state index in [-0.39, 0.29) is 5.91 Å². The van der Waals surface area contributed by atoms with Crippen LogP contribution in [0.1, 0.15) is 19.8 Å². The molecule has 2 aliphatic rings. The van der Waals surface area contributed by atoms with Gasteiger partial charge in [0.15, 0.2) is 0 Å². The number of hydrogen-bond donors (Lipinski definition) is 0. The van der Waals surface area contributed by atoms with Crippen LogP contribution in [0.25, 0.3) is 0 Å². The summed E-state index contributed by atoms with van der Waals surface area (Å²) in [5.74, 6) is -0.00935. The Hall–Kier alpha value is -1.83. The molecule has 0 atom stereocenters. The molecule has 0 saturated carbocycles. The Morgan fingerprint density at radius 1 is 1.19 bits per heavy atom. The molecule has 2 nitrogen and oxygen atoms in total. The maximum Gasteiger partial charge on any atom is 0.257 e. The molecule has 0 aromatic carbocycles. The highest BCUT2D eigenvalue weighted by Gasteiger charge is 2.22. The average Bonchev–Trinajstić information content (AvgIpc) is 2.89. The highest BCUT2D eigenvalue weighted by Crippen LogP contribution is 2.26. The normalized spacial score (nSPS) is 17.3. The third kappa shape index (κ3) is 1.91. The van der Waals surface area contributed by atoms with E-state index in [9.17, 15) is 4.79 Å². The molecule has 0 heterocycles. The second-order valence-electron chi connectivity index (χ2n) is 4.00. The summed E-state index contributed by atoms with van der Waals surface area (Å²) in [6.07, 6.45) is 13.7. The van der Waals surface area contributed by atoms with Crippen LogP contribution >= 0.6 is 0 Å². The summed E-state index contributed by atoms with van der Waals surface area (Å²) in [6.45, 7) is 5.48. The summed E-state index contributed by atoms with van der Waals surface area (Å²) in [4.78, 5) is 13.9. The van der Waals surface area contributed by atoms with E-state index < -0.39 is 0 Å². The van der Waals surface area contributed by atoms with Gasteiger partial charge in [-0.05, 0) is 19.1 Å². The molecular weight excluding hydrogens is 198 g/mol. The van der Waals surface area contributed by atoms with Crippen LogP contribution in [0.2, 0.25) is 0 Å². The van der Waals surface area contributed by atoms with Crippen molar-refractivity contribution in [3.05, 3.63) is 60.0 Å². The fourth-order valence-corrected chi connectivity index (χ4v) is 1.84. The first-order chi connectivity index (χ1) is 7.70. The van der Waals surface area contributed by atoms with Gasteiger partial charge in [0.2, 0.25) is 0 Å². The Kier molecular flexibility index (Phi) is 2.91. The van der Waals surface area contributed by atoms with E-state index in [0.29, 0.717) is 5.57 Å². The molecule has 16 heavy (non-hydrogen) atoms. The van der Waals surface area contributed by atoms with E-state index in [1.165, 1.54) is 0 Å². The van der Waals surface area contributed by atoms with Crippen molar-refractivity contribution >= 4 is 5.91 Å². The van der Waals surface area contributed by atoms with Crippen molar-refractivity contribution in [2.24, 2.45) is 0 Å². The largest absolute Gasteiger partial charge is 0.284 e. The lowest BCUT2D eigenvalue weighted by molar-refractivity contribution is -0.123. The fraction of sp³-hybridized carbons (Fsp3) is 0.214. The quantitative estimate of drug-likeness (QED) is 0.660. The molecule has 82 valence electrons. The number of amides is 1. The van der Waals surface area contributed by atoms with Gasteiger partial charge in [0.25, 0.3) is 5.91 Å². The molecule has 0 aromatic heterocycles. The standard InChI is InChI=1S/C14H15NO/c1-11(2)14(16)15(12-7-3-4-8-12)13-9-5-6-10-13/h3-7,9H,1,8,10H2,2H3. The zero-order chi connectivity index (χ0) is 11.5. The lowest BCUT2D eigenvalue weighted by Crippen LogP contribution is -2.29. The molecule has 0 saturated heterocycles. The third-order valence-corrected chi connectivity index (χ3v) is 2.65. The third-order valence-electron chi connectivity index (χ3n) is 2.65. The monoisotopic (exact) mass is 213 g/mol. The number of hydrogen-bond acceptors (Lipinski definition) is 1. The van der Waals surface area contributed by atoms with Crippen LogP contribution in [0.4, 0.5) is 0 Å². The van der Waals surface area contributed by atoms with Gasteiger partial charge in [-0.3, -0.25) is 9.69 Å². The van der Waals surface area contributed by atoms with E-state index in [2.05, 4.69) is 18.7 Å². The van der Waals surface area contributed by atoms with Crippen LogP contribution in [-0.2, 0) is 4.79 Å². The molecule has 2 rings (SSSR count). The average molecular weight is 213 g/mol. The Bertz CT molecular complexity index is 417. The lowest BCUT2D eigenvalue weighted by Gasteiger charge is -2.25. The molecule has 2 heteroatoms. The fourth-order valence-electron chi connectivity index (χ4n) is 1.84. The molecule has 2 aliphatic carbocycles. The lowest BCUT2D eigenvalue weighted by atomic mass is 10.2. The Morgan fingerprint density at radius 2 is 1.69 bits per heavy atom. The van der Waals surface area contributed by atoms with E-state index >= 15 is 0 Å². The molecule has 0 unspecified atom stereocenters. The maximum atomic E-state index is 12.1. The predicted octanol–water partition coefficient (Wildman–Crippen LogP) is 3.08. The van der Waals surface area contributed by atoms with Gasteiger partial charge in [0, 0.05) is 29.8 Å². The molecule has 1 amide bonds. The first-order valence-corrected chi connectivity index (χ1v) is 5.41. The van der Waals surface area contributed by atoms with Crippen molar-refractivity contribution in [3.8, 4) is 0 Å². The number of carbonyl (C=O) groups excluding carboxylic acids is 1. The zero-order valence-corrected chi connectivity index (χ0v) is 9.44. The van der Waals surface area contributed by atoms with Crippen molar-refractivity contribution in [3.63, 3.8) is 0 Å². The zero-order valence-electron chi connectivity index (χ0n) is 9.44. The van der Waals surface area contributed by atoms with Crippen molar-refractivity contribution in [2.45, 2.75) is 19.8 Å². The van der Waals surface area contributed by atoms with Gasteiger partial charge < -0.3 is 0 Å². The summed E-state index contributed by atoms with van der Waals surface area (Å²) in [5, 5.41) is 0. The smallest absolute Gasteiger partial charge is 0.257 e. The summed E-state index contributed by atoms with van der Waals surface area (Å²) >= 11 is 0. The molecule has 0 N–H and O–H groups in total. The summed E-state index contributed by atoms with van der Waals surface area (Å²) in [5.41, 5.74) is 2.63. The number of rotatable bonds is 3. The van der Waals surface area contributed by atoms with E-state index in [1.54, 1.807) is 11.8 Å². The van der Waals surface area contributed by atoms with Crippen LogP contribution in [-0.4, -0.2) is 10.8 Å². The first kappa shape index (κ1) is 10.7. The molecule has 0 radical (unpaired) electrons. The molecule has 0 aromatic rings. The van der Waals surface area contributed by atoms with Gasteiger partial charge in [0.05, 0.1) is 0 Å². The van der Waals surface area contributed by atoms with E-state index in [0.717, 1.165) is 24.2 Å². The minimum Gasteiger partial charge on any atom is -0.284 e.